The maximum atomic E-state index is 10.5. The average Bonchev–Trinajstić information content (AvgIpc) is 2.29. The number of nitroso groups, excluding NO2 is 1. The molecule has 0 atom stereocenters. The molecular formula is C11H8N2O2. The zero-order valence-electron chi connectivity index (χ0n) is 7.81. The minimum atomic E-state index is 0.377. The second-order valence-corrected chi connectivity index (χ2v) is 3.03. The third-order valence-corrected chi connectivity index (χ3v) is 2.21. The Morgan fingerprint density at radius 3 is 2.53 bits per heavy atom. The first-order valence-electron chi connectivity index (χ1n) is 4.42. The van der Waals surface area contributed by atoms with Crippen LogP contribution < -0.4 is 5.32 Å². The minimum absolute atomic E-state index is 0.377. The van der Waals surface area contributed by atoms with Crippen molar-refractivity contribution < 1.29 is 4.79 Å². The van der Waals surface area contributed by atoms with Gasteiger partial charge in [-0.15, -0.1) is 4.91 Å². The number of carbonyl (C=O) groups excluding carboxylic acids is 1. The van der Waals surface area contributed by atoms with E-state index in [1.54, 1.807) is 30.3 Å². The number of hydrogen-bond donors (Lipinski definition) is 1. The summed E-state index contributed by atoms with van der Waals surface area (Å²) < 4.78 is 0. The number of rotatable bonds is 3. The lowest BCUT2D eigenvalue weighted by Crippen LogP contribution is -1.94. The fraction of sp³-hybridized carbons (Fsp3) is 0. The van der Waals surface area contributed by atoms with Gasteiger partial charge in [-0.3, -0.25) is 4.79 Å². The summed E-state index contributed by atoms with van der Waals surface area (Å²) in [5.74, 6) is 0. The van der Waals surface area contributed by atoms with Crippen LogP contribution in [0, 0.1) is 4.91 Å². The number of hydrogen-bond acceptors (Lipinski definition) is 3. The number of amides is 1. The van der Waals surface area contributed by atoms with Crippen molar-refractivity contribution in [2.75, 3.05) is 5.32 Å². The van der Waals surface area contributed by atoms with Crippen molar-refractivity contribution in [3.63, 3.8) is 0 Å². The Morgan fingerprint density at radius 2 is 1.80 bits per heavy atom. The first-order valence-corrected chi connectivity index (χ1v) is 4.42. The van der Waals surface area contributed by atoms with Crippen LogP contribution in [0.15, 0.2) is 41.6 Å². The van der Waals surface area contributed by atoms with Gasteiger partial charge in [0.05, 0.1) is 0 Å². The maximum Gasteiger partial charge on any atom is 0.211 e. The van der Waals surface area contributed by atoms with Gasteiger partial charge in [-0.1, -0.05) is 24.3 Å². The van der Waals surface area contributed by atoms with E-state index >= 15 is 0 Å². The zero-order valence-corrected chi connectivity index (χ0v) is 7.81. The lowest BCUT2D eigenvalue weighted by Gasteiger charge is -2.05. The highest BCUT2D eigenvalue weighted by Gasteiger charge is 2.03. The van der Waals surface area contributed by atoms with Crippen LogP contribution >= 0.6 is 0 Å². The number of fused-ring (bicyclic) bond motifs is 1. The van der Waals surface area contributed by atoms with Crippen molar-refractivity contribution in [3.05, 3.63) is 41.3 Å². The fourth-order valence-electron chi connectivity index (χ4n) is 1.56. The van der Waals surface area contributed by atoms with Crippen molar-refractivity contribution in [1.82, 2.24) is 0 Å². The third kappa shape index (κ3) is 1.57. The highest BCUT2D eigenvalue weighted by Crippen LogP contribution is 2.30. The van der Waals surface area contributed by atoms with Crippen LogP contribution in [0.25, 0.3) is 10.8 Å². The fourth-order valence-corrected chi connectivity index (χ4v) is 1.56. The third-order valence-electron chi connectivity index (χ3n) is 2.21. The Kier molecular flexibility index (Phi) is 2.41. The molecular weight excluding hydrogens is 192 g/mol. The standard InChI is InChI=1S/C11H8N2O2/c14-7-12-10-5-1-4-9-8(10)3-2-6-11(9)13-15/h1-7H,(H,12,14). The smallest absolute Gasteiger partial charge is 0.211 e. The number of carbonyl (C=O) groups is 1. The van der Waals surface area contributed by atoms with Crippen LogP contribution in [0.3, 0.4) is 0 Å². The minimum Gasteiger partial charge on any atom is -0.328 e. The number of nitrogens with zero attached hydrogens (tertiary/aromatic N) is 1. The predicted octanol–water partition coefficient (Wildman–Crippen LogP) is 2.81. The summed E-state index contributed by atoms with van der Waals surface area (Å²) in [4.78, 5) is 20.9. The molecule has 2 aromatic rings. The van der Waals surface area contributed by atoms with E-state index in [9.17, 15) is 9.70 Å². The van der Waals surface area contributed by atoms with Crippen LogP contribution in [0.1, 0.15) is 0 Å². The first-order chi connectivity index (χ1) is 7.36. The second-order valence-electron chi connectivity index (χ2n) is 3.03. The van der Waals surface area contributed by atoms with Gasteiger partial charge in [0, 0.05) is 16.5 Å². The second kappa shape index (κ2) is 3.88. The lowest BCUT2D eigenvalue weighted by atomic mass is 10.1. The molecule has 4 nitrogen and oxygen atoms in total. The molecule has 0 aromatic heterocycles. The summed E-state index contributed by atoms with van der Waals surface area (Å²) in [5, 5.41) is 7.05. The van der Waals surface area contributed by atoms with Crippen LogP contribution in [-0.4, -0.2) is 6.41 Å². The van der Waals surface area contributed by atoms with Crippen LogP contribution in [0.2, 0.25) is 0 Å². The van der Waals surface area contributed by atoms with Crippen LogP contribution in [0.4, 0.5) is 11.4 Å². The Bertz CT molecular complexity index is 523. The Hall–Kier alpha value is -2.23. The molecule has 0 heterocycles. The van der Waals surface area contributed by atoms with E-state index in [-0.39, 0.29) is 0 Å². The van der Waals surface area contributed by atoms with E-state index in [4.69, 9.17) is 0 Å². The van der Waals surface area contributed by atoms with Gasteiger partial charge in [0.1, 0.15) is 5.69 Å². The zero-order chi connectivity index (χ0) is 10.7. The van der Waals surface area contributed by atoms with Gasteiger partial charge >= 0.3 is 0 Å². The van der Waals surface area contributed by atoms with E-state index in [0.29, 0.717) is 17.8 Å². The Labute approximate surface area is 85.9 Å². The molecule has 0 aliphatic heterocycles. The predicted molar refractivity (Wildman–Crippen MR) is 59.1 cm³/mol. The molecule has 74 valence electrons. The molecule has 2 aromatic carbocycles. The molecule has 0 unspecified atom stereocenters. The molecule has 0 radical (unpaired) electrons. The van der Waals surface area contributed by atoms with E-state index < -0.39 is 0 Å². The van der Waals surface area contributed by atoms with Gasteiger partial charge in [-0.2, -0.15) is 0 Å². The Morgan fingerprint density at radius 1 is 1.07 bits per heavy atom. The van der Waals surface area contributed by atoms with Crippen molar-refractivity contribution in [2.24, 2.45) is 5.18 Å². The largest absolute Gasteiger partial charge is 0.328 e. The van der Waals surface area contributed by atoms with Crippen molar-refractivity contribution in [3.8, 4) is 0 Å². The van der Waals surface area contributed by atoms with Crippen LogP contribution in [-0.2, 0) is 4.79 Å². The molecule has 2 rings (SSSR count). The normalized spacial score (nSPS) is 9.87. The molecule has 0 aliphatic carbocycles. The molecule has 0 fully saturated rings. The van der Waals surface area contributed by atoms with Gasteiger partial charge < -0.3 is 5.32 Å². The molecule has 1 N–H and O–H groups in total. The maximum absolute atomic E-state index is 10.5. The quantitative estimate of drug-likeness (QED) is 0.611. The van der Waals surface area contributed by atoms with E-state index in [0.717, 1.165) is 10.8 Å². The average molecular weight is 200 g/mol. The van der Waals surface area contributed by atoms with E-state index in [1.165, 1.54) is 0 Å². The van der Waals surface area contributed by atoms with E-state index in [2.05, 4.69) is 10.5 Å². The molecule has 0 spiro atoms. The summed E-state index contributed by atoms with van der Waals surface area (Å²) in [5.41, 5.74) is 1.05. The first kappa shape index (κ1) is 9.33. The van der Waals surface area contributed by atoms with Gasteiger partial charge in [-0.25, -0.2) is 0 Å². The van der Waals surface area contributed by atoms with Gasteiger partial charge in [-0.05, 0) is 17.3 Å². The van der Waals surface area contributed by atoms with Crippen LogP contribution in [0.5, 0.6) is 0 Å². The highest BCUT2D eigenvalue weighted by atomic mass is 16.3. The summed E-state index contributed by atoms with van der Waals surface area (Å²) >= 11 is 0. The molecule has 0 saturated carbocycles. The molecule has 0 saturated heterocycles. The summed E-state index contributed by atoms with van der Waals surface area (Å²) in [6, 6.07) is 10.5. The van der Waals surface area contributed by atoms with Crippen molar-refractivity contribution >= 4 is 28.6 Å². The molecule has 1 amide bonds. The monoisotopic (exact) mass is 200 g/mol. The summed E-state index contributed by atoms with van der Waals surface area (Å²) in [7, 11) is 0. The highest BCUT2D eigenvalue weighted by molar-refractivity contribution is 6.02. The van der Waals surface area contributed by atoms with Gasteiger partial charge in [0.2, 0.25) is 6.41 Å². The molecule has 4 heteroatoms. The molecule has 0 aliphatic rings. The van der Waals surface area contributed by atoms with Crippen molar-refractivity contribution in [2.45, 2.75) is 0 Å². The summed E-state index contributed by atoms with van der Waals surface area (Å²) in [6.45, 7) is 0. The van der Waals surface area contributed by atoms with Gasteiger partial charge in [0.15, 0.2) is 0 Å². The summed E-state index contributed by atoms with van der Waals surface area (Å²) in [6.07, 6.45) is 0.607. The number of nitrogens with one attached hydrogen (secondary N) is 1. The number of benzene rings is 2. The van der Waals surface area contributed by atoms with E-state index in [1.807, 2.05) is 6.07 Å². The van der Waals surface area contributed by atoms with Gasteiger partial charge in [0.25, 0.3) is 0 Å². The lowest BCUT2D eigenvalue weighted by molar-refractivity contribution is -0.105. The molecule has 15 heavy (non-hydrogen) atoms. The molecule has 0 bridgehead atoms. The number of anilines is 1. The Balaban J connectivity index is 2.75. The SMILES string of the molecule is O=CNc1cccc2c(N=O)cccc12. The topological polar surface area (TPSA) is 58.5 Å². The van der Waals surface area contributed by atoms with Crippen molar-refractivity contribution in [1.29, 1.82) is 0 Å².